The molecule has 8 heteroatoms. The Morgan fingerprint density at radius 3 is 2.55 bits per heavy atom. The monoisotopic (exact) mass is 421 g/mol. The van der Waals surface area contributed by atoms with Crippen LogP contribution in [0.5, 0.6) is 11.5 Å². The van der Waals surface area contributed by atoms with Gasteiger partial charge in [-0.05, 0) is 36.8 Å². The molecule has 2 aromatic rings. The van der Waals surface area contributed by atoms with E-state index in [1.807, 2.05) is 18.2 Å². The molecule has 3 heterocycles. The van der Waals surface area contributed by atoms with Crippen molar-refractivity contribution < 1.29 is 23.9 Å². The zero-order valence-electron chi connectivity index (χ0n) is 17.0. The van der Waals surface area contributed by atoms with Crippen LogP contribution in [0.25, 0.3) is 0 Å². The number of carbonyl (C=O) groups excluding carboxylic acids is 3. The van der Waals surface area contributed by atoms with E-state index in [2.05, 4.69) is 5.32 Å². The fourth-order valence-corrected chi connectivity index (χ4v) is 4.25. The molecule has 0 spiro atoms. The van der Waals surface area contributed by atoms with E-state index in [0.29, 0.717) is 55.6 Å². The standard InChI is InChI=1S/C23H23N3O5/c27-21-5-2-8-25(21)17-4-1-3-16(12-17)24-23(29)15-11-22(28)26(14-15)18-6-7-19-20(13-18)31-10-9-30-19/h1,3-4,6-7,12-13,15H,2,5,8-11,14H2,(H,24,29)/t15-/m1/s1. The van der Waals surface area contributed by atoms with Gasteiger partial charge >= 0.3 is 0 Å². The molecule has 3 amide bonds. The molecule has 3 aliphatic rings. The molecule has 0 aliphatic carbocycles. The van der Waals surface area contributed by atoms with E-state index < -0.39 is 5.92 Å². The highest BCUT2D eigenvalue weighted by atomic mass is 16.6. The first-order valence-electron chi connectivity index (χ1n) is 10.5. The van der Waals surface area contributed by atoms with Crippen molar-refractivity contribution in [3.8, 4) is 11.5 Å². The van der Waals surface area contributed by atoms with Crippen LogP contribution in [0, 0.1) is 5.92 Å². The number of benzene rings is 2. The molecule has 5 rings (SSSR count). The number of amides is 3. The maximum atomic E-state index is 12.9. The van der Waals surface area contributed by atoms with Crippen molar-refractivity contribution in [2.45, 2.75) is 19.3 Å². The van der Waals surface area contributed by atoms with Gasteiger partial charge in [0, 0.05) is 49.1 Å². The molecule has 2 saturated heterocycles. The number of ether oxygens (including phenoxy) is 2. The number of rotatable bonds is 4. The highest BCUT2D eigenvalue weighted by molar-refractivity contribution is 6.04. The first-order valence-corrected chi connectivity index (χ1v) is 10.5. The molecule has 160 valence electrons. The molecule has 2 aromatic carbocycles. The Balaban J connectivity index is 1.27. The number of nitrogens with one attached hydrogen (secondary N) is 1. The van der Waals surface area contributed by atoms with Gasteiger partial charge in [0.2, 0.25) is 17.7 Å². The van der Waals surface area contributed by atoms with Gasteiger partial charge in [-0.1, -0.05) is 6.07 Å². The Kier molecular flexibility index (Phi) is 4.97. The molecule has 0 saturated carbocycles. The zero-order chi connectivity index (χ0) is 21.4. The van der Waals surface area contributed by atoms with Crippen molar-refractivity contribution in [1.82, 2.24) is 0 Å². The zero-order valence-corrected chi connectivity index (χ0v) is 17.0. The van der Waals surface area contributed by atoms with E-state index >= 15 is 0 Å². The van der Waals surface area contributed by atoms with Gasteiger partial charge in [0.1, 0.15) is 13.2 Å². The quantitative estimate of drug-likeness (QED) is 0.820. The van der Waals surface area contributed by atoms with E-state index in [9.17, 15) is 14.4 Å². The minimum atomic E-state index is -0.460. The Morgan fingerprint density at radius 1 is 0.935 bits per heavy atom. The summed E-state index contributed by atoms with van der Waals surface area (Å²) in [4.78, 5) is 40.8. The fraction of sp³-hybridized carbons (Fsp3) is 0.348. The van der Waals surface area contributed by atoms with E-state index in [-0.39, 0.29) is 24.1 Å². The largest absolute Gasteiger partial charge is 0.486 e. The molecule has 2 fully saturated rings. The predicted octanol–water partition coefficient (Wildman–Crippen LogP) is 2.58. The average molecular weight is 421 g/mol. The van der Waals surface area contributed by atoms with Gasteiger partial charge in [-0.25, -0.2) is 0 Å². The fourth-order valence-electron chi connectivity index (χ4n) is 4.25. The summed E-state index contributed by atoms with van der Waals surface area (Å²) in [7, 11) is 0. The number of hydrogen-bond donors (Lipinski definition) is 1. The second kappa shape index (κ2) is 7.94. The van der Waals surface area contributed by atoms with Crippen molar-refractivity contribution in [2.24, 2.45) is 5.92 Å². The van der Waals surface area contributed by atoms with Crippen LogP contribution in [0.2, 0.25) is 0 Å². The lowest BCUT2D eigenvalue weighted by Gasteiger charge is -2.22. The molecule has 1 N–H and O–H groups in total. The summed E-state index contributed by atoms with van der Waals surface area (Å²) >= 11 is 0. The van der Waals surface area contributed by atoms with Crippen molar-refractivity contribution >= 4 is 34.8 Å². The summed E-state index contributed by atoms with van der Waals surface area (Å²) in [6.45, 7) is 1.97. The molecule has 0 unspecified atom stereocenters. The van der Waals surface area contributed by atoms with Crippen molar-refractivity contribution in [1.29, 1.82) is 0 Å². The third-order valence-electron chi connectivity index (χ3n) is 5.83. The van der Waals surface area contributed by atoms with Crippen LogP contribution in [0.4, 0.5) is 17.1 Å². The number of nitrogens with zero attached hydrogens (tertiary/aromatic N) is 2. The smallest absolute Gasteiger partial charge is 0.229 e. The van der Waals surface area contributed by atoms with Crippen LogP contribution in [-0.4, -0.2) is 44.0 Å². The van der Waals surface area contributed by atoms with Crippen LogP contribution < -0.4 is 24.6 Å². The van der Waals surface area contributed by atoms with Crippen LogP contribution in [-0.2, 0) is 14.4 Å². The van der Waals surface area contributed by atoms with Crippen LogP contribution in [0.15, 0.2) is 42.5 Å². The van der Waals surface area contributed by atoms with Gasteiger partial charge < -0.3 is 24.6 Å². The molecule has 3 aliphatic heterocycles. The predicted molar refractivity (Wildman–Crippen MR) is 115 cm³/mol. The Labute approximate surface area is 179 Å². The molecule has 1 atom stereocenters. The average Bonchev–Trinajstić information content (AvgIpc) is 3.39. The Hall–Kier alpha value is -3.55. The first-order chi connectivity index (χ1) is 15.1. The summed E-state index contributed by atoms with van der Waals surface area (Å²) in [5, 5.41) is 2.90. The summed E-state index contributed by atoms with van der Waals surface area (Å²) in [6, 6.07) is 12.6. The lowest BCUT2D eigenvalue weighted by Crippen LogP contribution is -2.28. The second-order valence-electron chi connectivity index (χ2n) is 7.92. The molecule has 0 aromatic heterocycles. The maximum absolute atomic E-state index is 12.9. The molecular formula is C23H23N3O5. The minimum absolute atomic E-state index is 0.0972. The number of hydrogen-bond acceptors (Lipinski definition) is 5. The van der Waals surface area contributed by atoms with Gasteiger partial charge in [0.05, 0.1) is 5.92 Å². The molecule has 0 radical (unpaired) electrons. The highest BCUT2D eigenvalue weighted by Crippen LogP contribution is 2.36. The van der Waals surface area contributed by atoms with Crippen LogP contribution in [0.1, 0.15) is 19.3 Å². The third kappa shape index (κ3) is 3.81. The number of carbonyl (C=O) groups is 3. The molecular weight excluding hydrogens is 398 g/mol. The Bertz CT molecular complexity index is 1050. The summed E-state index contributed by atoms with van der Waals surface area (Å²) < 4.78 is 11.1. The first kappa shape index (κ1) is 19.4. The lowest BCUT2D eigenvalue weighted by atomic mass is 10.1. The van der Waals surface area contributed by atoms with E-state index in [0.717, 1.165) is 12.1 Å². The third-order valence-corrected chi connectivity index (χ3v) is 5.83. The summed E-state index contributed by atoms with van der Waals surface area (Å²) in [5.74, 6) is 0.592. The van der Waals surface area contributed by atoms with Crippen molar-refractivity contribution in [3.63, 3.8) is 0 Å². The molecule has 0 bridgehead atoms. The minimum Gasteiger partial charge on any atom is -0.486 e. The maximum Gasteiger partial charge on any atom is 0.229 e. The van der Waals surface area contributed by atoms with Gasteiger partial charge in [-0.3, -0.25) is 14.4 Å². The summed E-state index contributed by atoms with van der Waals surface area (Å²) in [6.07, 6.45) is 1.54. The van der Waals surface area contributed by atoms with E-state index in [1.54, 1.807) is 34.1 Å². The lowest BCUT2D eigenvalue weighted by molar-refractivity contribution is -0.122. The SMILES string of the molecule is O=C(Nc1cccc(N2CCCC2=O)c1)[C@@H]1CC(=O)N(c2ccc3c(c2)OCCO3)C1. The van der Waals surface area contributed by atoms with E-state index in [1.165, 1.54) is 0 Å². The molecule has 8 nitrogen and oxygen atoms in total. The molecule has 31 heavy (non-hydrogen) atoms. The normalized spacial score (nSPS) is 20.3. The topological polar surface area (TPSA) is 88.2 Å². The van der Waals surface area contributed by atoms with Gasteiger partial charge in [0.25, 0.3) is 0 Å². The van der Waals surface area contributed by atoms with Gasteiger partial charge in [0.15, 0.2) is 11.5 Å². The summed E-state index contributed by atoms with van der Waals surface area (Å²) in [5.41, 5.74) is 2.09. The second-order valence-corrected chi connectivity index (χ2v) is 7.92. The van der Waals surface area contributed by atoms with Gasteiger partial charge in [-0.2, -0.15) is 0 Å². The van der Waals surface area contributed by atoms with Crippen molar-refractivity contribution in [3.05, 3.63) is 42.5 Å². The van der Waals surface area contributed by atoms with E-state index in [4.69, 9.17) is 9.47 Å². The van der Waals surface area contributed by atoms with Crippen molar-refractivity contribution in [2.75, 3.05) is 41.4 Å². The van der Waals surface area contributed by atoms with Crippen LogP contribution in [0.3, 0.4) is 0 Å². The van der Waals surface area contributed by atoms with Crippen LogP contribution >= 0.6 is 0 Å². The number of anilines is 3. The Morgan fingerprint density at radius 2 is 1.74 bits per heavy atom. The highest BCUT2D eigenvalue weighted by Gasteiger charge is 2.35. The van der Waals surface area contributed by atoms with Gasteiger partial charge in [-0.15, -0.1) is 0 Å². The number of fused-ring (bicyclic) bond motifs is 1.